The summed E-state index contributed by atoms with van der Waals surface area (Å²) in [5, 5.41) is 14.1. The lowest BCUT2D eigenvalue weighted by atomic mass is 10.1. The number of benzene rings is 2. The first-order valence-corrected chi connectivity index (χ1v) is 10.2. The van der Waals surface area contributed by atoms with Crippen LogP contribution in [0.15, 0.2) is 82.7 Å². The largest absolute Gasteiger partial charge is 0.196 e. The quantitative estimate of drug-likeness (QED) is 0.442. The molecule has 0 spiro atoms. The predicted octanol–water partition coefficient (Wildman–Crippen LogP) is 5.92. The maximum Gasteiger partial charge on any atom is 0.177 e. The normalized spacial score (nSPS) is 9.78. The van der Waals surface area contributed by atoms with Crippen LogP contribution in [0.2, 0.25) is 0 Å². The van der Waals surface area contributed by atoms with Gasteiger partial charge in [-0.05, 0) is 29.8 Å². The molecule has 0 unspecified atom stereocenters. The van der Waals surface area contributed by atoms with Gasteiger partial charge in [0.2, 0.25) is 0 Å². The van der Waals surface area contributed by atoms with Gasteiger partial charge in [0.1, 0.15) is 5.03 Å². The SMILES string of the molecule is CC.CC.c1ccc(Cc2nnc3ccc(Sc4ccccc4)nn23)cc1. The summed E-state index contributed by atoms with van der Waals surface area (Å²) in [5.74, 6) is 0.849. The molecule has 2 aromatic carbocycles. The summed E-state index contributed by atoms with van der Waals surface area (Å²) in [6.07, 6.45) is 0.717. The maximum atomic E-state index is 4.68. The second kappa shape index (κ2) is 11.1. The Labute approximate surface area is 165 Å². The first kappa shape index (κ1) is 20.6. The van der Waals surface area contributed by atoms with Gasteiger partial charge in [0, 0.05) is 11.3 Å². The number of hydrogen-bond donors (Lipinski definition) is 0. The second-order valence-electron chi connectivity index (χ2n) is 5.14. The zero-order chi connectivity index (χ0) is 19.5. The summed E-state index contributed by atoms with van der Waals surface area (Å²) in [7, 11) is 0. The molecular weight excluding hydrogens is 352 g/mol. The Morgan fingerprint density at radius 3 is 2.04 bits per heavy atom. The number of nitrogens with zero attached hydrogens (tertiary/aromatic N) is 4. The average molecular weight is 379 g/mol. The number of aromatic nitrogens is 4. The molecule has 0 N–H and O–H groups in total. The lowest BCUT2D eigenvalue weighted by Crippen LogP contribution is -2.00. The molecule has 0 radical (unpaired) electrons. The number of rotatable bonds is 4. The highest BCUT2D eigenvalue weighted by molar-refractivity contribution is 7.99. The van der Waals surface area contributed by atoms with Crippen LogP contribution < -0.4 is 0 Å². The summed E-state index contributed by atoms with van der Waals surface area (Å²) in [5.41, 5.74) is 1.97. The van der Waals surface area contributed by atoms with Crippen molar-refractivity contribution >= 4 is 17.4 Å². The Bertz CT molecular complexity index is 921. The first-order valence-electron chi connectivity index (χ1n) is 9.37. The maximum absolute atomic E-state index is 4.68. The van der Waals surface area contributed by atoms with Gasteiger partial charge in [0.15, 0.2) is 11.5 Å². The Kier molecular flexibility index (Phi) is 8.52. The minimum Gasteiger partial charge on any atom is -0.196 e. The van der Waals surface area contributed by atoms with Crippen LogP contribution >= 0.6 is 11.8 Å². The van der Waals surface area contributed by atoms with Crippen LogP contribution in [0.25, 0.3) is 5.65 Å². The van der Waals surface area contributed by atoms with Crippen molar-refractivity contribution in [3.8, 4) is 0 Å². The minimum atomic E-state index is 0.717. The Hall–Kier alpha value is -2.66. The molecule has 0 amide bonds. The van der Waals surface area contributed by atoms with E-state index in [4.69, 9.17) is 0 Å². The summed E-state index contributed by atoms with van der Waals surface area (Å²) >= 11 is 1.63. The summed E-state index contributed by atoms with van der Waals surface area (Å²) in [4.78, 5) is 1.16. The fraction of sp³-hybridized carbons (Fsp3) is 0.227. The van der Waals surface area contributed by atoms with E-state index in [0.717, 1.165) is 21.4 Å². The molecule has 0 fully saturated rings. The van der Waals surface area contributed by atoms with Crippen molar-refractivity contribution in [1.29, 1.82) is 0 Å². The van der Waals surface area contributed by atoms with Gasteiger partial charge in [-0.3, -0.25) is 0 Å². The highest BCUT2D eigenvalue weighted by atomic mass is 32.2. The van der Waals surface area contributed by atoms with Crippen LogP contribution in [0.4, 0.5) is 0 Å². The van der Waals surface area contributed by atoms with Crippen LogP contribution in [0.5, 0.6) is 0 Å². The van der Waals surface area contributed by atoms with Gasteiger partial charge in [0.05, 0.1) is 0 Å². The third-order valence-electron chi connectivity index (χ3n) is 3.47. The molecule has 0 saturated heterocycles. The smallest absolute Gasteiger partial charge is 0.177 e. The predicted molar refractivity (Wildman–Crippen MR) is 113 cm³/mol. The average Bonchev–Trinajstić information content (AvgIpc) is 3.15. The topological polar surface area (TPSA) is 43.1 Å². The summed E-state index contributed by atoms with van der Waals surface area (Å²) in [6, 6.07) is 24.4. The van der Waals surface area contributed by atoms with E-state index in [2.05, 4.69) is 39.6 Å². The molecule has 4 nitrogen and oxygen atoms in total. The van der Waals surface area contributed by atoms with Gasteiger partial charge in [0.25, 0.3) is 0 Å². The second-order valence-corrected chi connectivity index (χ2v) is 6.23. The highest BCUT2D eigenvalue weighted by Crippen LogP contribution is 2.25. The van der Waals surface area contributed by atoms with Gasteiger partial charge in [-0.2, -0.15) is 9.61 Å². The molecule has 0 atom stereocenters. The zero-order valence-corrected chi connectivity index (χ0v) is 17.1. The van der Waals surface area contributed by atoms with E-state index in [1.54, 1.807) is 11.8 Å². The van der Waals surface area contributed by atoms with Crippen LogP contribution in [-0.2, 0) is 6.42 Å². The Morgan fingerprint density at radius 2 is 1.37 bits per heavy atom. The third-order valence-corrected chi connectivity index (χ3v) is 4.41. The van der Waals surface area contributed by atoms with Gasteiger partial charge >= 0.3 is 0 Å². The molecule has 140 valence electrons. The molecule has 4 aromatic rings. The third kappa shape index (κ3) is 5.66. The van der Waals surface area contributed by atoms with Crippen molar-refractivity contribution in [2.45, 2.75) is 44.0 Å². The van der Waals surface area contributed by atoms with E-state index >= 15 is 0 Å². The van der Waals surface area contributed by atoms with Crippen LogP contribution in [0.1, 0.15) is 39.1 Å². The standard InChI is InChI=1S/C18H14N4S.2C2H6/c1-3-7-14(8-4-1)13-17-20-19-16-11-12-18(21-22(16)17)23-15-9-5-2-6-10-15;2*1-2/h1-12H,13H2;2*1-2H3. The highest BCUT2D eigenvalue weighted by Gasteiger charge is 2.09. The van der Waals surface area contributed by atoms with Crippen molar-refractivity contribution in [3.63, 3.8) is 0 Å². The number of fused-ring (bicyclic) bond motifs is 1. The molecule has 0 bridgehead atoms. The molecule has 0 saturated carbocycles. The van der Waals surface area contributed by atoms with E-state index in [1.807, 2.05) is 80.7 Å². The molecule has 0 aliphatic heterocycles. The van der Waals surface area contributed by atoms with Crippen LogP contribution in [0.3, 0.4) is 0 Å². The Balaban J connectivity index is 0.000000614. The van der Waals surface area contributed by atoms with Crippen molar-refractivity contribution in [3.05, 3.63) is 84.2 Å². The van der Waals surface area contributed by atoms with Gasteiger partial charge in [-0.1, -0.05) is 88.0 Å². The zero-order valence-electron chi connectivity index (χ0n) is 16.3. The number of hydrogen-bond acceptors (Lipinski definition) is 4. The van der Waals surface area contributed by atoms with Crippen molar-refractivity contribution in [2.75, 3.05) is 0 Å². The molecule has 2 heterocycles. The summed E-state index contributed by atoms with van der Waals surface area (Å²) in [6.45, 7) is 8.00. The molecule has 4 rings (SSSR count). The van der Waals surface area contributed by atoms with Gasteiger partial charge in [-0.25, -0.2) is 0 Å². The van der Waals surface area contributed by atoms with E-state index in [9.17, 15) is 0 Å². The van der Waals surface area contributed by atoms with Crippen molar-refractivity contribution in [1.82, 2.24) is 19.8 Å². The van der Waals surface area contributed by atoms with E-state index in [-0.39, 0.29) is 0 Å². The van der Waals surface area contributed by atoms with Gasteiger partial charge in [-0.15, -0.1) is 10.2 Å². The molecule has 0 aliphatic carbocycles. The van der Waals surface area contributed by atoms with Crippen molar-refractivity contribution in [2.24, 2.45) is 0 Å². The van der Waals surface area contributed by atoms with E-state index in [0.29, 0.717) is 6.42 Å². The lowest BCUT2D eigenvalue weighted by Gasteiger charge is -2.03. The Morgan fingerprint density at radius 1 is 0.741 bits per heavy atom. The first-order chi connectivity index (χ1) is 13.4. The molecular formula is C22H26N4S. The van der Waals surface area contributed by atoms with Crippen LogP contribution in [-0.4, -0.2) is 19.8 Å². The molecule has 27 heavy (non-hydrogen) atoms. The molecule has 2 aromatic heterocycles. The van der Waals surface area contributed by atoms with E-state index in [1.165, 1.54) is 5.56 Å². The lowest BCUT2D eigenvalue weighted by molar-refractivity contribution is 0.794. The minimum absolute atomic E-state index is 0.717. The monoisotopic (exact) mass is 378 g/mol. The fourth-order valence-corrected chi connectivity index (χ4v) is 3.16. The fourth-order valence-electron chi connectivity index (χ4n) is 2.37. The van der Waals surface area contributed by atoms with Crippen LogP contribution in [0, 0.1) is 0 Å². The van der Waals surface area contributed by atoms with E-state index < -0.39 is 0 Å². The molecule has 5 heteroatoms. The summed E-state index contributed by atoms with van der Waals surface area (Å²) < 4.78 is 1.83. The van der Waals surface area contributed by atoms with Gasteiger partial charge < -0.3 is 0 Å². The van der Waals surface area contributed by atoms with Crippen molar-refractivity contribution < 1.29 is 0 Å². The molecule has 0 aliphatic rings.